The third-order valence-electron chi connectivity index (χ3n) is 7.49. The smallest absolute Gasteiger partial charge is 0.00615 e. The lowest BCUT2D eigenvalue weighted by Crippen LogP contribution is -2.10. The molecular formula is C32H30. The van der Waals surface area contributed by atoms with E-state index >= 15 is 0 Å². The van der Waals surface area contributed by atoms with Crippen LogP contribution in [0.25, 0.3) is 33.4 Å². The molecule has 0 radical (unpaired) electrons. The molecule has 0 nitrogen and oxygen atoms in total. The Morgan fingerprint density at radius 1 is 0.375 bits per heavy atom. The van der Waals surface area contributed by atoms with Gasteiger partial charge in [0.2, 0.25) is 0 Å². The summed E-state index contributed by atoms with van der Waals surface area (Å²) in [4.78, 5) is 0. The second-order valence-electron chi connectivity index (χ2n) is 9.40. The second kappa shape index (κ2) is 8.43. The molecule has 4 aromatic rings. The van der Waals surface area contributed by atoms with Crippen molar-refractivity contribution in [3.8, 4) is 33.4 Å². The monoisotopic (exact) mass is 414 g/mol. The fourth-order valence-corrected chi connectivity index (χ4v) is 5.94. The minimum atomic E-state index is 1.20. The molecule has 0 saturated heterocycles. The van der Waals surface area contributed by atoms with E-state index in [1.54, 1.807) is 22.3 Å². The van der Waals surface area contributed by atoms with E-state index < -0.39 is 0 Å². The maximum Gasteiger partial charge on any atom is -0.00615 e. The summed E-state index contributed by atoms with van der Waals surface area (Å²) in [5, 5.41) is 0. The Morgan fingerprint density at radius 2 is 0.781 bits per heavy atom. The Labute approximate surface area is 192 Å². The van der Waals surface area contributed by atoms with Crippen LogP contribution in [0, 0.1) is 0 Å². The van der Waals surface area contributed by atoms with Crippen LogP contribution in [-0.4, -0.2) is 0 Å². The first-order chi connectivity index (χ1) is 15.9. The highest BCUT2D eigenvalue weighted by atomic mass is 14.3. The first kappa shape index (κ1) is 19.6. The Hall–Kier alpha value is -3.12. The first-order valence-electron chi connectivity index (χ1n) is 12.3. The number of hydrogen-bond donors (Lipinski definition) is 0. The van der Waals surface area contributed by atoms with Gasteiger partial charge in [0, 0.05) is 0 Å². The molecule has 0 heterocycles. The molecule has 0 amide bonds. The van der Waals surface area contributed by atoms with E-state index in [-0.39, 0.29) is 0 Å². The van der Waals surface area contributed by atoms with Gasteiger partial charge in [-0.2, -0.15) is 0 Å². The molecule has 0 aromatic heterocycles. The lowest BCUT2D eigenvalue weighted by Gasteiger charge is -2.28. The van der Waals surface area contributed by atoms with Gasteiger partial charge in [-0.1, -0.05) is 84.9 Å². The summed E-state index contributed by atoms with van der Waals surface area (Å²) in [6.07, 6.45) is 10.1. The van der Waals surface area contributed by atoms with Gasteiger partial charge in [-0.3, -0.25) is 0 Å². The zero-order chi connectivity index (χ0) is 21.3. The summed E-state index contributed by atoms with van der Waals surface area (Å²) in [5.74, 6) is 0. The van der Waals surface area contributed by atoms with Crippen molar-refractivity contribution in [3.05, 3.63) is 107 Å². The van der Waals surface area contributed by atoms with Crippen molar-refractivity contribution in [3.63, 3.8) is 0 Å². The van der Waals surface area contributed by atoms with Gasteiger partial charge in [0.05, 0.1) is 0 Å². The van der Waals surface area contributed by atoms with Crippen molar-refractivity contribution < 1.29 is 0 Å². The molecule has 32 heavy (non-hydrogen) atoms. The van der Waals surface area contributed by atoms with Crippen LogP contribution in [0.3, 0.4) is 0 Å². The summed E-state index contributed by atoms with van der Waals surface area (Å²) in [6, 6.07) is 31.7. The molecule has 158 valence electrons. The maximum absolute atomic E-state index is 2.41. The van der Waals surface area contributed by atoms with Crippen LogP contribution in [0.2, 0.25) is 0 Å². The van der Waals surface area contributed by atoms with Crippen molar-refractivity contribution in [1.29, 1.82) is 0 Å². The maximum atomic E-state index is 2.41. The molecule has 4 aromatic carbocycles. The third-order valence-corrected chi connectivity index (χ3v) is 7.49. The normalized spacial score (nSPS) is 15.1. The highest BCUT2D eigenvalue weighted by molar-refractivity contribution is 5.96. The number of hydrogen-bond acceptors (Lipinski definition) is 0. The molecular weight excluding hydrogens is 384 g/mol. The fraction of sp³-hybridized carbons (Fsp3) is 0.250. The van der Waals surface area contributed by atoms with E-state index in [0.29, 0.717) is 0 Å². The Morgan fingerprint density at radius 3 is 1.22 bits per heavy atom. The van der Waals surface area contributed by atoms with Crippen molar-refractivity contribution in [2.75, 3.05) is 0 Å². The molecule has 0 bridgehead atoms. The fourth-order valence-electron chi connectivity index (χ4n) is 5.94. The largest absolute Gasteiger partial charge is 0.0622 e. The van der Waals surface area contributed by atoms with Crippen LogP contribution in [-0.2, 0) is 25.7 Å². The van der Waals surface area contributed by atoms with Crippen LogP contribution in [0.5, 0.6) is 0 Å². The molecule has 0 unspecified atom stereocenters. The molecule has 2 aliphatic rings. The highest BCUT2D eigenvalue weighted by Crippen LogP contribution is 2.47. The minimum Gasteiger partial charge on any atom is -0.0622 e. The van der Waals surface area contributed by atoms with Crippen LogP contribution < -0.4 is 0 Å². The highest BCUT2D eigenvalue weighted by Gasteiger charge is 2.25. The number of rotatable bonds is 3. The summed E-state index contributed by atoms with van der Waals surface area (Å²) in [5.41, 5.74) is 14.9. The van der Waals surface area contributed by atoms with Gasteiger partial charge >= 0.3 is 0 Å². The Balaban J connectivity index is 1.72. The first-order valence-corrected chi connectivity index (χ1v) is 12.3. The van der Waals surface area contributed by atoms with E-state index in [9.17, 15) is 0 Å². The lowest BCUT2D eigenvalue weighted by molar-refractivity contribution is 0.682. The molecule has 0 N–H and O–H groups in total. The van der Waals surface area contributed by atoms with Crippen molar-refractivity contribution in [2.45, 2.75) is 51.4 Å². The summed E-state index contributed by atoms with van der Waals surface area (Å²) in [7, 11) is 0. The molecule has 0 spiro atoms. The molecule has 6 rings (SSSR count). The minimum absolute atomic E-state index is 1.20. The Kier molecular flexibility index (Phi) is 5.15. The van der Waals surface area contributed by atoms with Gasteiger partial charge in [-0.05, 0) is 107 Å². The number of benzene rings is 4. The zero-order valence-corrected chi connectivity index (χ0v) is 18.7. The number of aryl methyl sites for hydroxylation is 2. The van der Waals surface area contributed by atoms with Gasteiger partial charge in [0.25, 0.3) is 0 Å². The summed E-state index contributed by atoms with van der Waals surface area (Å²) >= 11 is 0. The lowest BCUT2D eigenvalue weighted by atomic mass is 9.75. The van der Waals surface area contributed by atoms with Gasteiger partial charge in [0.1, 0.15) is 0 Å². The molecule has 2 aliphatic carbocycles. The van der Waals surface area contributed by atoms with E-state index in [4.69, 9.17) is 0 Å². The SMILES string of the molecule is c1ccc(-c2ccc3c(c2-c2c(-c4ccccc4)ccc4c2CCCC4)CCCC3)cc1. The van der Waals surface area contributed by atoms with Crippen LogP contribution in [0.4, 0.5) is 0 Å². The van der Waals surface area contributed by atoms with Crippen LogP contribution >= 0.6 is 0 Å². The topological polar surface area (TPSA) is 0 Å². The van der Waals surface area contributed by atoms with Gasteiger partial charge in [-0.25, -0.2) is 0 Å². The van der Waals surface area contributed by atoms with Gasteiger partial charge in [-0.15, -0.1) is 0 Å². The zero-order valence-electron chi connectivity index (χ0n) is 18.7. The standard InChI is InChI=1S/C32H30/c1-3-11-23(12-4-1)29-21-19-25-15-7-9-17-27(25)31(29)32-28-18-10-8-16-26(28)20-22-30(32)24-13-5-2-6-14-24/h1-6,11-14,19-22H,7-10,15-18H2. The van der Waals surface area contributed by atoms with E-state index in [1.165, 1.54) is 84.7 Å². The molecule has 0 saturated carbocycles. The van der Waals surface area contributed by atoms with E-state index in [1.807, 2.05) is 0 Å². The second-order valence-corrected chi connectivity index (χ2v) is 9.40. The molecule has 0 fully saturated rings. The van der Waals surface area contributed by atoms with Crippen LogP contribution in [0.15, 0.2) is 84.9 Å². The summed E-state index contributed by atoms with van der Waals surface area (Å²) in [6.45, 7) is 0. The average molecular weight is 415 g/mol. The third kappa shape index (κ3) is 3.39. The molecule has 0 atom stereocenters. The average Bonchev–Trinajstić information content (AvgIpc) is 2.88. The summed E-state index contributed by atoms with van der Waals surface area (Å²) < 4.78 is 0. The molecule has 0 aliphatic heterocycles. The van der Waals surface area contributed by atoms with E-state index in [0.717, 1.165) is 0 Å². The molecule has 0 heteroatoms. The number of fused-ring (bicyclic) bond motifs is 2. The predicted molar refractivity (Wildman–Crippen MR) is 136 cm³/mol. The quantitative estimate of drug-likeness (QED) is 0.315. The van der Waals surface area contributed by atoms with Gasteiger partial charge < -0.3 is 0 Å². The van der Waals surface area contributed by atoms with E-state index in [2.05, 4.69) is 84.9 Å². The van der Waals surface area contributed by atoms with Gasteiger partial charge in [0.15, 0.2) is 0 Å². The predicted octanol–water partition coefficient (Wildman–Crippen LogP) is 8.45. The van der Waals surface area contributed by atoms with Crippen molar-refractivity contribution in [2.24, 2.45) is 0 Å². The van der Waals surface area contributed by atoms with Crippen LogP contribution in [0.1, 0.15) is 47.9 Å². The van der Waals surface area contributed by atoms with Crippen molar-refractivity contribution >= 4 is 0 Å². The van der Waals surface area contributed by atoms with Crippen molar-refractivity contribution in [1.82, 2.24) is 0 Å². The Bertz CT molecular complexity index is 1150.